The zero-order chi connectivity index (χ0) is 43.8. The number of hydrogen-bond donors (Lipinski definition) is 0. The first-order chi connectivity index (χ1) is 29.9. The van der Waals surface area contributed by atoms with Gasteiger partial charge in [-0.3, -0.25) is 4.79 Å². The van der Waals surface area contributed by atoms with Gasteiger partial charge in [-0.25, -0.2) is 0 Å². The zero-order valence-corrected chi connectivity index (χ0v) is 38.5. The van der Waals surface area contributed by atoms with Gasteiger partial charge < -0.3 is 66.0 Å². The minimum atomic E-state index is -2.55. The molecular weight excluding hydrogens is 809 g/mol. The van der Waals surface area contributed by atoms with Crippen molar-refractivity contribution in [3.8, 4) is 0 Å². The first-order valence-electron chi connectivity index (χ1n) is 21.7. The van der Waals surface area contributed by atoms with E-state index in [1.54, 1.807) is 6.92 Å². The average molecular weight is 885 g/mol. The van der Waals surface area contributed by atoms with E-state index in [2.05, 4.69) is 81.4 Å². The molecule has 0 atom stereocenters. The number of benzene rings is 2. The Kier molecular flexibility index (Phi) is 34.2. The predicted molar refractivity (Wildman–Crippen MR) is 235 cm³/mol. The second-order valence-electron chi connectivity index (χ2n) is 14.4. The van der Waals surface area contributed by atoms with Gasteiger partial charge in [0.2, 0.25) is 0 Å². The van der Waals surface area contributed by atoms with Crippen molar-refractivity contribution in [2.75, 3.05) is 172 Å². The Morgan fingerprint density at radius 1 is 0.393 bits per heavy atom. The lowest BCUT2D eigenvalue weighted by Crippen LogP contribution is -2.66. The minimum Gasteiger partial charge on any atom is -0.466 e. The Balaban J connectivity index is 1.25. The van der Waals surface area contributed by atoms with Gasteiger partial charge in [-0.2, -0.15) is 0 Å². The predicted octanol–water partition coefficient (Wildman–Crippen LogP) is 3.72. The zero-order valence-electron chi connectivity index (χ0n) is 37.5. The molecule has 0 spiro atoms. The van der Waals surface area contributed by atoms with Crippen LogP contribution in [0.2, 0.25) is 5.04 Å². The second kappa shape index (κ2) is 38.1. The molecule has 15 nitrogen and oxygen atoms in total. The minimum absolute atomic E-state index is 0.0622. The van der Waals surface area contributed by atoms with E-state index in [0.29, 0.717) is 172 Å². The van der Waals surface area contributed by atoms with Crippen molar-refractivity contribution < 1.29 is 70.8 Å². The van der Waals surface area contributed by atoms with Crippen molar-refractivity contribution in [1.82, 2.24) is 0 Å². The van der Waals surface area contributed by atoms with Crippen molar-refractivity contribution in [3.05, 3.63) is 60.7 Å². The van der Waals surface area contributed by atoms with Crippen LogP contribution in [0, 0.1) is 0 Å². The average Bonchev–Trinajstić information content (AvgIpc) is 3.26. The second-order valence-corrected chi connectivity index (χ2v) is 18.7. The van der Waals surface area contributed by atoms with Crippen LogP contribution in [0.15, 0.2) is 60.7 Å². The van der Waals surface area contributed by atoms with Gasteiger partial charge in [-0.15, -0.1) is 0 Å². The van der Waals surface area contributed by atoms with Crippen molar-refractivity contribution in [3.63, 3.8) is 0 Å². The van der Waals surface area contributed by atoms with Gasteiger partial charge in [-0.05, 0) is 22.3 Å². The van der Waals surface area contributed by atoms with E-state index in [0.717, 1.165) is 0 Å². The van der Waals surface area contributed by atoms with Gasteiger partial charge in [-0.1, -0.05) is 81.4 Å². The summed E-state index contributed by atoms with van der Waals surface area (Å²) in [6, 6.07) is 21.3. The van der Waals surface area contributed by atoms with Gasteiger partial charge in [0.1, 0.15) is 0 Å². The number of ether oxygens (including phenoxy) is 13. The van der Waals surface area contributed by atoms with Crippen molar-refractivity contribution >= 4 is 24.7 Å². The van der Waals surface area contributed by atoms with Gasteiger partial charge in [0, 0.05) is 0 Å². The van der Waals surface area contributed by atoms with Crippen molar-refractivity contribution in [1.29, 1.82) is 0 Å². The quantitative estimate of drug-likeness (QED) is 0.0542. The number of carbonyl (C=O) groups is 1. The lowest BCUT2D eigenvalue weighted by atomic mass is 10.2. The molecule has 2 aromatic carbocycles. The highest BCUT2D eigenvalue weighted by Crippen LogP contribution is 2.36. The lowest BCUT2D eigenvalue weighted by Gasteiger charge is -2.43. The standard InChI is InChI=1S/C45H76O15Si/c1-5-59-44(46)16-17-47-18-19-48-20-21-49-22-23-50-24-25-51-26-27-52-28-29-53-30-31-54-32-33-55-34-35-56-36-37-57-38-39-58-40-41-60-61(45(2,3)4,42-12-8-6-9-13-42)43-14-10-7-11-15-43/h6-15H,5,16-41H2,1-4H3. The maximum atomic E-state index is 11.2. The van der Waals surface area contributed by atoms with Crippen LogP contribution in [-0.4, -0.2) is 186 Å². The normalized spacial score (nSPS) is 12.0. The lowest BCUT2D eigenvalue weighted by molar-refractivity contribution is -0.144. The van der Waals surface area contributed by atoms with E-state index in [-0.39, 0.29) is 17.4 Å². The Labute approximate surface area is 366 Å². The van der Waals surface area contributed by atoms with Gasteiger partial charge in [0.25, 0.3) is 8.32 Å². The summed E-state index contributed by atoms with van der Waals surface area (Å²) in [5, 5.41) is 2.46. The Morgan fingerprint density at radius 2 is 0.639 bits per heavy atom. The third kappa shape index (κ3) is 27.4. The summed E-state index contributed by atoms with van der Waals surface area (Å²) in [5.74, 6) is -0.253. The monoisotopic (exact) mass is 884 g/mol. The molecule has 0 aromatic heterocycles. The Bertz CT molecular complexity index is 1220. The maximum absolute atomic E-state index is 11.2. The van der Waals surface area contributed by atoms with Crippen molar-refractivity contribution in [2.45, 2.75) is 39.2 Å². The van der Waals surface area contributed by atoms with Gasteiger partial charge in [0.15, 0.2) is 0 Å². The van der Waals surface area contributed by atoms with Gasteiger partial charge >= 0.3 is 5.97 Å². The highest BCUT2D eigenvalue weighted by atomic mass is 28.4. The van der Waals surface area contributed by atoms with Crippen LogP contribution in [0.1, 0.15) is 34.1 Å². The topological polar surface area (TPSA) is 146 Å². The molecule has 0 saturated heterocycles. The number of esters is 1. The molecule has 61 heavy (non-hydrogen) atoms. The van der Waals surface area contributed by atoms with Crippen LogP contribution >= 0.6 is 0 Å². The summed E-state index contributed by atoms with van der Waals surface area (Å²) in [7, 11) is -2.55. The summed E-state index contributed by atoms with van der Waals surface area (Å²) in [6.45, 7) is 21.0. The molecule has 0 unspecified atom stereocenters. The van der Waals surface area contributed by atoms with E-state index in [1.807, 2.05) is 0 Å². The Morgan fingerprint density at radius 3 is 0.885 bits per heavy atom. The van der Waals surface area contributed by atoms with Crippen LogP contribution in [0.25, 0.3) is 0 Å². The summed E-state index contributed by atoms with van der Waals surface area (Å²) >= 11 is 0. The smallest absolute Gasteiger partial charge is 0.308 e. The van der Waals surface area contributed by atoms with Crippen LogP contribution in [0.5, 0.6) is 0 Å². The number of carbonyl (C=O) groups excluding carboxylic acids is 1. The molecule has 16 heteroatoms. The van der Waals surface area contributed by atoms with E-state index in [4.69, 9.17) is 66.0 Å². The molecule has 0 bridgehead atoms. The number of rotatable bonds is 43. The molecule has 0 N–H and O–H groups in total. The largest absolute Gasteiger partial charge is 0.466 e. The van der Waals surface area contributed by atoms with Crippen LogP contribution in [0.4, 0.5) is 0 Å². The molecule has 2 aromatic rings. The SMILES string of the molecule is CCOC(=O)CCOCCOCCOCCOCCOCCOCCOCCOCCOCCOCCOCCOCCO[Si](c1ccccc1)(c1ccccc1)C(C)(C)C. The molecular formula is C45H76O15Si. The summed E-state index contributed by atoms with van der Waals surface area (Å²) < 4.78 is 78.1. The third-order valence-electron chi connectivity index (χ3n) is 8.81. The molecule has 0 fully saturated rings. The fourth-order valence-corrected chi connectivity index (χ4v) is 10.5. The fourth-order valence-electron chi connectivity index (χ4n) is 5.93. The molecule has 0 radical (unpaired) electrons. The van der Waals surface area contributed by atoms with Crippen LogP contribution in [-0.2, 0) is 70.8 Å². The highest BCUT2D eigenvalue weighted by Gasteiger charge is 2.50. The number of hydrogen-bond acceptors (Lipinski definition) is 15. The first kappa shape index (κ1) is 54.7. The van der Waals surface area contributed by atoms with E-state index in [1.165, 1.54) is 10.4 Å². The summed E-state index contributed by atoms with van der Waals surface area (Å²) in [6.07, 6.45) is 0.253. The molecule has 0 heterocycles. The molecule has 0 aliphatic rings. The summed E-state index contributed by atoms with van der Waals surface area (Å²) in [5.41, 5.74) is 0. The van der Waals surface area contributed by atoms with Crippen molar-refractivity contribution in [2.24, 2.45) is 0 Å². The van der Waals surface area contributed by atoms with E-state index in [9.17, 15) is 4.79 Å². The van der Waals surface area contributed by atoms with Gasteiger partial charge in [0.05, 0.1) is 178 Å². The molecule has 350 valence electrons. The molecule has 0 amide bonds. The van der Waals surface area contributed by atoms with E-state index < -0.39 is 8.32 Å². The third-order valence-corrected chi connectivity index (χ3v) is 13.9. The van der Waals surface area contributed by atoms with E-state index >= 15 is 0 Å². The Hall–Kier alpha value is -2.39. The first-order valence-corrected chi connectivity index (χ1v) is 23.7. The fraction of sp³-hybridized carbons (Fsp3) is 0.711. The van der Waals surface area contributed by atoms with Crippen LogP contribution in [0.3, 0.4) is 0 Å². The highest BCUT2D eigenvalue weighted by molar-refractivity contribution is 6.99. The molecule has 0 aliphatic carbocycles. The molecule has 0 aliphatic heterocycles. The van der Waals surface area contributed by atoms with Crippen LogP contribution < -0.4 is 10.4 Å². The molecule has 0 saturated carbocycles. The summed E-state index contributed by atoms with van der Waals surface area (Å²) in [4.78, 5) is 11.2. The maximum Gasteiger partial charge on any atom is 0.308 e. The molecule has 2 rings (SSSR count).